The van der Waals surface area contributed by atoms with Gasteiger partial charge in [0.05, 0.1) is 0 Å². The van der Waals surface area contributed by atoms with Crippen molar-refractivity contribution in [3.8, 4) is 0 Å². The predicted molar refractivity (Wildman–Crippen MR) is 89.2 cm³/mol. The molecule has 2 rings (SSSR count). The summed E-state index contributed by atoms with van der Waals surface area (Å²) in [7, 11) is 0. The molecule has 0 atom stereocenters. The van der Waals surface area contributed by atoms with Crippen LogP contribution < -0.4 is 5.73 Å². The summed E-state index contributed by atoms with van der Waals surface area (Å²) < 4.78 is 0. The fraction of sp³-hybridized carbons (Fsp3) is 0.368. The molecule has 2 N–H and O–H groups in total. The van der Waals surface area contributed by atoms with Gasteiger partial charge in [-0.1, -0.05) is 73.5 Å². The first-order chi connectivity index (χ1) is 9.70. The summed E-state index contributed by atoms with van der Waals surface area (Å²) in [5.74, 6) is 0.412. The highest BCUT2D eigenvalue weighted by Crippen LogP contribution is 2.28. The van der Waals surface area contributed by atoms with Gasteiger partial charge in [-0.25, -0.2) is 0 Å². The van der Waals surface area contributed by atoms with Crippen molar-refractivity contribution in [3.05, 3.63) is 70.8 Å². The van der Waals surface area contributed by atoms with E-state index >= 15 is 0 Å². The fourth-order valence-electron chi connectivity index (χ4n) is 2.47. The van der Waals surface area contributed by atoms with E-state index in [-0.39, 0.29) is 0 Å². The molecule has 0 aliphatic carbocycles. The number of hydrogen-bond acceptors (Lipinski definition) is 1. The maximum absolute atomic E-state index is 5.78. The van der Waals surface area contributed by atoms with E-state index in [9.17, 15) is 0 Å². The van der Waals surface area contributed by atoms with Crippen molar-refractivity contribution in [2.45, 2.75) is 40.0 Å². The van der Waals surface area contributed by atoms with Crippen LogP contribution in [0.3, 0.4) is 0 Å². The normalized spacial score (nSPS) is 10.1. The van der Waals surface area contributed by atoms with Crippen LogP contribution in [0.5, 0.6) is 0 Å². The van der Waals surface area contributed by atoms with Gasteiger partial charge >= 0.3 is 0 Å². The number of aryl methyl sites for hydroxylation is 2. The van der Waals surface area contributed by atoms with Crippen LogP contribution >= 0.6 is 0 Å². The molecule has 0 unspecified atom stereocenters. The van der Waals surface area contributed by atoms with Gasteiger partial charge in [-0.15, -0.1) is 0 Å². The van der Waals surface area contributed by atoms with Gasteiger partial charge in [-0.3, -0.25) is 0 Å². The van der Waals surface area contributed by atoms with Crippen molar-refractivity contribution >= 4 is 0 Å². The molecule has 0 aliphatic rings. The summed E-state index contributed by atoms with van der Waals surface area (Å²) >= 11 is 0. The van der Waals surface area contributed by atoms with Gasteiger partial charge in [0.15, 0.2) is 0 Å². The van der Waals surface area contributed by atoms with E-state index in [1.165, 1.54) is 22.3 Å². The highest BCUT2D eigenvalue weighted by Gasteiger charge is 2.13. The Morgan fingerprint density at radius 2 is 1.30 bits per heavy atom. The van der Waals surface area contributed by atoms with Crippen LogP contribution in [-0.4, -0.2) is 6.54 Å². The van der Waals surface area contributed by atoms with Crippen LogP contribution in [0.1, 0.15) is 48.4 Å². The topological polar surface area (TPSA) is 26.0 Å². The van der Waals surface area contributed by atoms with Crippen LogP contribution in [0.25, 0.3) is 0 Å². The van der Waals surface area contributed by atoms with Crippen molar-refractivity contribution in [1.82, 2.24) is 0 Å². The van der Waals surface area contributed by atoms with Gasteiger partial charge in [-0.05, 0) is 37.9 Å². The van der Waals surface area contributed by atoms with Crippen LogP contribution in [-0.2, 0) is 0 Å². The number of rotatable bonds is 4. The third-order valence-corrected chi connectivity index (χ3v) is 3.34. The largest absolute Gasteiger partial charge is 0.330 e. The lowest BCUT2D eigenvalue weighted by Gasteiger charge is -2.18. The van der Waals surface area contributed by atoms with Crippen molar-refractivity contribution in [2.75, 3.05) is 6.54 Å². The minimum atomic E-state index is 0.412. The Morgan fingerprint density at radius 1 is 0.850 bits per heavy atom. The lowest BCUT2D eigenvalue weighted by Crippen LogP contribution is -2.09. The first-order valence-corrected chi connectivity index (χ1v) is 7.54. The fourth-order valence-corrected chi connectivity index (χ4v) is 2.47. The predicted octanol–water partition coefficient (Wildman–Crippen LogP) is 4.81. The average molecular weight is 269 g/mol. The molecule has 0 amide bonds. The van der Waals surface area contributed by atoms with E-state index < -0.39 is 0 Å². The van der Waals surface area contributed by atoms with Crippen LogP contribution in [0.2, 0.25) is 0 Å². The summed E-state index contributed by atoms with van der Waals surface area (Å²) in [6, 6.07) is 17.5. The van der Waals surface area contributed by atoms with Gasteiger partial charge in [-0.2, -0.15) is 0 Å². The number of nitrogens with two attached hydrogens (primary N) is 1. The van der Waals surface area contributed by atoms with E-state index in [4.69, 9.17) is 5.73 Å². The molecule has 0 spiro atoms. The summed E-state index contributed by atoms with van der Waals surface area (Å²) in [5.41, 5.74) is 11.1. The summed E-state index contributed by atoms with van der Waals surface area (Å²) in [4.78, 5) is 0. The van der Waals surface area contributed by atoms with E-state index in [1.807, 2.05) is 13.8 Å². The Hall–Kier alpha value is -1.60. The minimum absolute atomic E-state index is 0.412. The highest BCUT2D eigenvalue weighted by atomic mass is 14.5. The Labute approximate surface area is 123 Å². The lowest BCUT2D eigenvalue weighted by atomic mass is 9.87. The molecule has 0 aromatic heterocycles. The standard InChI is InChI=1S/C17H21N.C2H6/c1-13-5-3-7-15(11-13)17(9-10-18)16-8-4-6-14(2)12-16;1-2/h3-8,11-12,17H,9-10,18H2,1-2H3;1-2H3. The summed E-state index contributed by atoms with van der Waals surface area (Å²) in [6.07, 6.45) is 0.993. The molecule has 0 fully saturated rings. The molecule has 0 heterocycles. The third-order valence-electron chi connectivity index (χ3n) is 3.34. The smallest absolute Gasteiger partial charge is 0.0101 e. The SMILES string of the molecule is CC.Cc1cccc(C(CCN)c2cccc(C)c2)c1. The zero-order chi connectivity index (χ0) is 15.0. The Balaban J connectivity index is 0.000000956. The second kappa shape index (κ2) is 8.55. The first kappa shape index (κ1) is 16.5. The van der Waals surface area contributed by atoms with E-state index in [1.54, 1.807) is 0 Å². The zero-order valence-corrected chi connectivity index (χ0v) is 13.2. The molecule has 0 radical (unpaired) electrons. The lowest BCUT2D eigenvalue weighted by molar-refractivity contribution is 0.725. The van der Waals surface area contributed by atoms with Gasteiger partial charge in [0.2, 0.25) is 0 Å². The van der Waals surface area contributed by atoms with E-state index in [0.717, 1.165) is 6.42 Å². The summed E-state index contributed by atoms with van der Waals surface area (Å²) in [5, 5.41) is 0. The van der Waals surface area contributed by atoms with Crippen LogP contribution in [0, 0.1) is 13.8 Å². The molecule has 0 aliphatic heterocycles. The quantitative estimate of drug-likeness (QED) is 0.847. The molecule has 20 heavy (non-hydrogen) atoms. The third kappa shape index (κ3) is 4.50. The first-order valence-electron chi connectivity index (χ1n) is 7.54. The van der Waals surface area contributed by atoms with Crippen molar-refractivity contribution in [1.29, 1.82) is 0 Å². The second-order valence-electron chi connectivity index (χ2n) is 4.96. The molecule has 0 bridgehead atoms. The number of benzene rings is 2. The van der Waals surface area contributed by atoms with Crippen molar-refractivity contribution < 1.29 is 0 Å². The molecular formula is C19H27N. The molecule has 2 aromatic carbocycles. The maximum atomic E-state index is 5.78. The molecule has 0 saturated heterocycles. The van der Waals surface area contributed by atoms with Crippen LogP contribution in [0.4, 0.5) is 0 Å². The molecule has 1 heteroatoms. The second-order valence-corrected chi connectivity index (χ2v) is 4.96. The monoisotopic (exact) mass is 269 g/mol. The van der Waals surface area contributed by atoms with E-state index in [2.05, 4.69) is 62.4 Å². The average Bonchev–Trinajstić information content (AvgIpc) is 2.47. The minimum Gasteiger partial charge on any atom is -0.330 e. The Kier molecular flexibility index (Phi) is 7.03. The van der Waals surface area contributed by atoms with Gasteiger partial charge in [0.1, 0.15) is 0 Å². The molecule has 108 valence electrons. The van der Waals surface area contributed by atoms with Gasteiger partial charge < -0.3 is 5.73 Å². The van der Waals surface area contributed by atoms with Gasteiger partial charge in [0, 0.05) is 5.92 Å². The van der Waals surface area contributed by atoms with Crippen molar-refractivity contribution in [3.63, 3.8) is 0 Å². The molecule has 2 aromatic rings. The Bertz CT molecular complexity index is 471. The Morgan fingerprint density at radius 3 is 1.65 bits per heavy atom. The molecule has 0 saturated carbocycles. The van der Waals surface area contributed by atoms with Crippen molar-refractivity contribution in [2.24, 2.45) is 5.73 Å². The van der Waals surface area contributed by atoms with E-state index in [0.29, 0.717) is 12.5 Å². The molecular weight excluding hydrogens is 242 g/mol. The maximum Gasteiger partial charge on any atom is 0.0101 e. The van der Waals surface area contributed by atoms with Crippen LogP contribution in [0.15, 0.2) is 48.5 Å². The molecule has 1 nitrogen and oxygen atoms in total. The highest BCUT2D eigenvalue weighted by molar-refractivity contribution is 5.36. The number of hydrogen-bond donors (Lipinski definition) is 1. The van der Waals surface area contributed by atoms with Gasteiger partial charge in [0.25, 0.3) is 0 Å². The summed E-state index contributed by atoms with van der Waals surface area (Å²) in [6.45, 7) is 8.99. The zero-order valence-electron chi connectivity index (χ0n) is 13.2.